The molecule has 3 nitrogen and oxygen atoms in total. The summed E-state index contributed by atoms with van der Waals surface area (Å²) in [5, 5.41) is 0. The van der Waals surface area contributed by atoms with Crippen molar-refractivity contribution in [3.63, 3.8) is 0 Å². The first-order valence-electron chi connectivity index (χ1n) is 6.08. The van der Waals surface area contributed by atoms with Crippen molar-refractivity contribution in [2.45, 2.75) is 0 Å². The highest BCUT2D eigenvalue weighted by Crippen LogP contribution is 2.23. The lowest BCUT2D eigenvalue weighted by Crippen LogP contribution is -2.05. The average Bonchev–Trinajstić information content (AvgIpc) is 2.52. The number of ether oxygens (including phenoxy) is 2. The molecule has 0 aliphatic heterocycles. The van der Waals surface area contributed by atoms with Crippen LogP contribution in [0.4, 0.5) is 0 Å². The Morgan fingerprint density at radius 1 is 0.950 bits per heavy atom. The molecule has 2 aromatic carbocycles. The third-order valence-electron chi connectivity index (χ3n) is 2.74. The zero-order valence-electron chi connectivity index (χ0n) is 11.3. The van der Waals surface area contributed by atoms with Gasteiger partial charge in [0.05, 0.1) is 19.8 Å². The fourth-order valence-corrected chi connectivity index (χ4v) is 1.79. The van der Waals surface area contributed by atoms with Crippen molar-refractivity contribution < 1.29 is 14.3 Å². The van der Waals surface area contributed by atoms with Crippen molar-refractivity contribution in [3.8, 4) is 17.6 Å². The van der Waals surface area contributed by atoms with Crippen molar-refractivity contribution in [1.29, 1.82) is 0 Å². The van der Waals surface area contributed by atoms with Gasteiger partial charge in [0.25, 0.3) is 0 Å². The Kier molecular flexibility index (Phi) is 4.41. The van der Waals surface area contributed by atoms with Gasteiger partial charge in [0, 0.05) is 5.56 Å². The summed E-state index contributed by atoms with van der Waals surface area (Å²) in [5.74, 6) is 6.05. The molecule has 3 heteroatoms. The molecule has 20 heavy (non-hydrogen) atoms. The molecule has 0 atom stereocenters. The van der Waals surface area contributed by atoms with E-state index in [4.69, 9.17) is 9.47 Å². The summed E-state index contributed by atoms with van der Waals surface area (Å²) in [6, 6.07) is 14.8. The number of hydrogen-bond donors (Lipinski definition) is 0. The molecule has 2 rings (SSSR count). The van der Waals surface area contributed by atoms with Gasteiger partial charge in [0.1, 0.15) is 11.3 Å². The van der Waals surface area contributed by atoms with Gasteiger partial charge in [-0.25, -0.2) is 4.79 Å². The number of para-hydroxylation sites is 1. The van der Waals surface area contributed by atoms with E-state index < -0.39 is 5.97 Å². The first-order chi connectivity index (χ1) is 9.76. The van der Waals surface area contributed by atoms with Crippen LogP contribution in [0.3, 0.4) is 0 Å². The summed E-state index contributed by atoms with van der Waals surface area (Å²) in [6.07, 6.45) is 0. The summed E-state index contributed by atoms with van der Waals surface area (Å²) in [4.78, 5) is 11.7. The van der Waals surface area contributed by atoms with Crippen molar-refractivity contribution in [2.24, 2.45) is 0 Å². The van der Waals surface area contributed by atoms with Gasteiger partial charge in [0.15, 0.2) is 0 Å². The Morgan fingerprint density at radius 2 is 1.70 bits per heavy atom. The van der Waals surface area contributed by atoms with Crippen LogP contribution in [0.1, 0.15) is 21.5 Å². The molecule has 0 spiro atoms. The van der Waals surface area contributed by atoms with Crippen molar-refractivity contribution in [1.82, 2.24) is 0 Å². The van der Waals surface area contributed by atoms with Gasteiger partial charge in [-0.2, -0.15) is 0 Å². The van der Waals surface area contributed by atoms with Crippen molar-refractivity contribution in [3.05, 3.63) is 65.2 Å². The fraction of sp³-hybridized carbons (Fsp3) is 0.118. The standard InChI is InChI=1S/C17H14O3/c1-19-16-14(9-6-10-15(16)17(18)20-2)12-11-13-7-4-3-5-8-13/h3-10H,1-2H3. The molecule has 0 saturated carbocycles. The smallest absolute Gasteiger partial charge is 0.341 e. The van der Waals surface area contributed by atoms with Gasteiger partial charge >= 0.3 is 5.97 Å². The molecule has 0 fully saturated rings. The minimum Gasteiger partial charge on any atom is -0.495 e. The molecule has 0 aromatic heterocycles. The van der Waals surface area contributed by atoms with Crippen LogP contribution >= 0.6 is 0 Å². The Hall–Kier alpha value is -2.73. The second-order valence-corrected chi connectivity index (χ2v) is 3.99. The summed E-state index contributed by atoms with van der Waals surface area (Å²) >= 11 is 0. The molecule has 0 amide bonds. The van der Waals surface area contributed by atoms with Gasteiger partial charge in [-0.05, 0) is 24.3 Å². The predicted molar refractivity (Wildman–Crippen MR) is 76.8 cm³/mol. The molecule has 0 bridgehead atoms. The predicted octanol–water partition coefficient (Wildman–Crippen LogP) is 2.88. The molecule has 0 aliphatic carbocycles. The zero-order chi connectivity index (χ0) is 14.4. The Balaban J connectivity index is 2.43. The molecule has 2 aromatic rings. The highest BCUT2D eigenvalue weighted by molar-refractivity contribution is 5.93. The van der Waals surface area contributed by atoms with E-state index in [0.717, 1.165) is 5.56 Å². The van der Waals surface area contributed by atoms with E-state index in [-0.39, 0.29) is 0 Å². The monoisotopic (exact) mass is 266 g/mol. The molecular weight excluding hydrogens is 252 g/mol. The zero-order valence-corrected chi connectivity index (χ0v) is 11.3. The Labute approximate surface area is 118 Å². The molecule has 100 valence electrons. The SMILES string of the molecule is COC(=O)c1cccc(C#Cc2ccccc2)c1OC. The fourth-order valence-electron chi connectivity index (χ4n) is 1.79. The average molecular weight is 266 g/mol. The van der Waals surface area contributed by atoms with Crippen molar-refractivity contribution in [2.75, 3.05) is 14.2 Å². The molecule has 0 aliphatic rings. The third kappa shape index (κ3) is 2.99. The van der Waals surface area contributed by atoms with E-state index in [1.54, 1.807) is 18.2 Å². The van der Waals surface area contributed by atoms with Gasteiger partial charge < -0.3 is 9.47 Å². The van der Waals surface area contributed by atoms with Crippen LogP contribution in [0.2, 0.25) is 0 Å². The summed E-state index contributed by atoms with van der Waals surface area (Å²) in [6.45, 7) is 0. The minimum atomic E-state index is -0.440. The van der Waals surface area contributed by atoms with E-state index in [0.29, 0.717) is 16.9 Å². The number of carbonyl (C=O) groups is 1. The number of rotatable bonds is 2. The molecule has 0 heterocycles. The number of esters is 1. The summed E-state index contributed by atoms with van der Waals surface area (Å²) in [5.41, 5.74) is 1.92. The highest BCUT2D eigenvalue weighted by atomic mass is 16.5. The van der Waals surface area contributed by atoms with Crippen LogP contribution in [-0.4, -0.2) is 20.2 Å². The number of benzene rings is 2. The second kappa shape index (κ2) is 6.44. The van der Waals surface area contributed by atoms with E-state index in [9.17, 15) is 4.79 Å². The quantitative estimate of drug-likeness (QED) is 0.619. The van der Waals surface area contributed by atoms with Crippen LogP contribution in [0.25, 0.3) is 0 Å². The van der Waals surface area contributed by atoms with E-state index >= 15 is 0 Å². The lowest BCUT2D eigenvalue weighted by atomic mass is 10.1. The lowest BCUT2D eigenvalue weighted by molar-refractivity contribution is 0.0597. The number of hydrogen-bond acceptors (Lipinski definition) is 3. The Morgan fingerprint density at radius 3 is 2.35 bits per heavy atom. The van der Waals surface area contributed by atoms with Gasteiger partial charge in [-0.15, -0.1) is 0 Å². The number of methoxy groups -OCH3 is 2. The summed E-state index contributed by atoms with van der Waals surface area (Å²) < 4.78 is 10.0. The molecule has 0 N–H and O–H groups in total. The van der Waals surface area contributed by atoms with E-state index in [1.165, 1.54) is 14.2 Å². The Bertz CT molecular complexity index is 664. The van der Waals surface area contributed by atoms with E-state index in [2.05, 4.69) is 11.8 Å². The normalized spacial score (nSPS) is 9.30. The van der Waals surface area contributed by atoms with Crippen LogP contribution in [-0.2, 0) is 4.74 Å². The molecule has 0 radical (unpaired) electrons. The van der Waals surface area contributed by atoms with Crippen LogP contribution in [0.15, 0.2) is 48.5 Å². The van der Waals surface area contributed by atoms with Gasteiger partial charge in [0.2, 0.25) is 0 Å². The minimum absolute atomic E-state index is 0.370. The topological polar surface area (TPSA) is 35.5 Å². The lowest BCUT2D eigenvalue weighted by Gasteiger charge is -2.08. The highest BCUT2D eigenvalue weighted by Gasteiger charge is 2.14. The maximum absolute atomic E-state index is 11.7. The molecule has 0 unspecified atom stereocenters. The van der Waals surface area contributed by atoms with E-state index in [1.807, 2.05) is 30.3 Å². The number of carbonyl (C=O) groups excluding carboxylic acids is 1. The van der Waals surface area contributed by atoms with Crippen LogP contribution in [0, 0.1) is 11.8 Å². The molecular formula is C17H14O3. The van der Waals surface area contributed by atoms with Gasteiger partial charge in [-0.1, -0.05) is 36.1 Å². The maximum atomic E-state index is 11.7. The maximum Gasteiger partial charge on any atom is 0.341 e. The summed E-state index contributed by atoms with van der Waals surface area (Å²) in [7, 11) is 2.85. The first-order valence-corrected chi connectivity index (χ1v) is 6.08. The molecule has 0 saturated heterocycles. The van der Waals surface area contributed by atoms with Crippen molar-refractivity contribution >= 4 is 5.97 Å². The van der Waals surface area contributed by atoms with Gasteiger partial charge in [-0.3, -0.25) is 0 Å². The van der Waals surface area contributed by atoms with Crippen LogP contribution < -0.4 is 4.74 Å². The third-order valence-corrected chi connectivity index (χ3v) is 2.74. The largest absolute Gasteiger partial charge is 0.495 e. The van der Waals surface area contributed by atoms with Crippen LogP contribution in [0.5, 0.6) is 5.75 Å². The second-order valence-electron chi connectivity index (χ2n) is 3.99. The first kappa shape index (κ1) is 13.7.